The Morgan fingerprint density at radius 2 is 2.05 bits per heavy atom. The largest absolute Gasteiger partial charge is 0.490 e. The van der Waals surface area contributed by atoms with Gasteiger partial charge >= 0.3 is 5.97 Å². The molecule has 0 aliphatic heterocycles. The first-order valence-electron chi connectivity index (χ1n) is 6.32. The van der Waals surface area contributed by atoms with Crippen LogP contribution in [-0.2, 0) is 14.6 Å². The molecule has 0 heterocycles. The van der Waals surface area contributed by atoms with E-state index in [9.17, 15) is 18.3 Å². The molecule has 21 heavy (non-hydrogen) atoms. The van der Waals surface area contributed by atoms with Crippen LogP contribution in [0.2, 0.25) is 0 Å². The minimum Gasteiger partial charge on any atom is -0.490 e. The van der Waals surface area contributed by atoms with Crippen LogP contribution in [-0.4, -0.2) is 53.8 Å². The van der Waals surface area contributed by atoms with Crippen LogP contribution in [0, 0.1) is 0 Å². The molecule has 0 aromatic heterocycles. The predicted molar refractivity (Wildman–Crippen MR) is 71.8 cm³/mol. The summed E-state index contributed by atoms with van der Waals surface area (Å²) in [7, 11) is -3.66. The SMILES string of the molecule is O=C(O)[C@@H](O)COc1cccc(S(=O)(=O)C2(CO)CC2)c1. The van der Waals surface area contributed by atoms with Crippen molar-refractivity contribution in [2.45, 2.75) is 28.6 Å². The van der Waals surface area contributed by atoms with E-state index < -0.39 is 39.9 Å². The predicted octanol–water partition coefficient (Wildman–Crippen LogP) is -0.191. The van der Waals surface area contributed by atoms with Crippen molar-refractivity contribution < 1.29 is 33.3 Å². The third-order valence-electron chi connectivity index (χ3n) is 3.47. The second kappa shape index (κ2) is 5.63. The van der Waals surface area contributed by atoms with E-state index in [-0.39, 0.29) is 10.6 Å². The van der Waals surface area contributed by atoms with Crippen molar-refractivity contribution in [1.29, 1.82) is 0 Å². The standard InChI is InChI=1S/C13H16O7S/c14-8-13(4-5-13)21(18,19)10-3-1-2-9(6-10)20-7-11(15)12(16)17/h1-3,6,11,14-15H,4-5,7-8H2,(H,16,17)/t11-/m0/s1. The van der Waals surface area contributed by atoms with E-state index >= 15 is 0 Å². The monoisotopic (exact) mass is 316 g/mol. The topological polar surface area (TPSA) is 121 Å². The van der Waals surface area contributed by atoms with Crippen molar-refractivity contribution in [3.8, 4) is 5.75 Å². The lowest BCUT2D eigenvalue weighted by atomic mass is 10.3. The number of carboxylic acids is 1. The molecule has 1 fully saturated rings. The molecule has 1 atom stereocenters. The summed E-state index contributed by atoms with van der Waals surface area (Å²) in [4.78, 5) is 10.5. The molecule has 1 aliphatic rings. The van der Waals surface area contributed by atoms with E-state index in [2.05, 4.69) is 0 Å². The lowest BCUT2D eigenvalue weighted by Crippen LogP contribution is -2.28. The highest BCUT2D eigenvalue weighted by Crippen LogP contribution is 2.46. The van der Waals surface area contributed by atoms with Crippen molar-refractivity contribution in [3.63, 3.8) is 0 Å². The maximum absolute atomic E-state index is 12.4. The Morgan fingerprint density at radius 3 is 2.57 bits per heavy atom. The van der Waals surface area contributed by atoms with Gasteiger partial charge in [0.2, 0.25) is 0 Å². The smallest absolute Gasteiger partial charge is 0.336 e. The Balaban J connectivity index is 2.17. The van der Waals surface area contributed by atoms with Crippen LogP contribution in [0.4, 0.5) is 0 Å². The van der Waals surface area contributed by atoms with Crippen LogP contribution in [0.5, 0.6) is 5.75 Å². The first kappa shape index (κ1) is 15.7. The van der Waals surface area contributed by atoms with Gasteiger partial charge in [0, 0.05) is 0 Å². The summed E-state index contributed by atoms with van der Waals surface area (Å²) in [5.74, 6) is -1.28. The molecule has 7 nitrogen and oxygen atoms in total. The van der Waals surface area contributed by atoms with Crippen molar-refractivity contribution in [2.24, 2.45) is 0 Å². The number of hydrogen-bond donors (Lipinski definition) is 3. The molecule has 0 radical (unpaired) electrons. The summed E-state index contributed by atoms with van der Waals surface area (Å²) in [5, 5.41) is 26.9. The van der Waals surface area contributed by atoms with Crippen LogP contribution < -0.4 is 4.74 Å². The number of aliphatic hydroxyl groups is 2. The zero-order valence-corrected chi connectivity index (χ0v) is 11.9. The number of aliphatic carboxylic acids is 1. The van der Waals surface area contributed by atoms with Gasteiger partial charge < -0.3 is 20.1 Å². The zero-order valence-electron chi connectivity index (χ0n) is 11.1. The summed E-state index contributed by atoms with van der Waals surface area (Å²) in [6.07, 6.45) is -0.860. The number of rotatable bonds is 7. The summed E-state index contributed by atoms with van der Waals surface area (Å²) in [6.45, 7) is -0.915. The maximum atomic E-state index is 12.4. The van der Waals surface area contributed by atoms with E-state index in [1.807, 2.05) is 0 Å². The number of sulfone groups is 1. The Kier molecular flexibility index (Phi) is 4.22. The van der Waals surface area contributed by atoms with Crippen LogP contribution >= 0.6 is 0 Å². The van der Waals surface area contributed by atoms with Crippen LogP contribution in [0.1, 0.15) is 12.8 Å². The minimum absolute atomic E-state index is 0.0105. The fourth-order valence-corrected chi connectivity index (χ4v) is 3.72. The fraction of sp³-hybridized carbons (Fsp3) is 0.462. The van der Waals surface area contributed by atoms with E-state index in [0.29, 0.717) is 12.8 Å². The van der Waals surface area contributed by atoms with Crippen molar-refractivity contribution >= 4 is 15.8 Å². The average molecular weight is 316 g/mol. The first-order valence-corrected chi connectivity index (χ1v) is 7.80. The third-order valence-corrected chi connectivity index (χ3v) is 6.03. The minimum atomic E-state index is -3.66. The number of ether oxygens (including phenoxy) is 1. The molecule has 0 bridgehead atoms. The summed E-state index contributed by atoms with van der Waals surface area (Å²) >= 11 is 0. The van der Waals surface area contributed by atoms with Crippen LogP contribution in [0.25, 0.3) is 0 Å². The molecular weight excluding hydrogens is 300 g/mol. The van der Waals surface area contributed by atoms with Gasteiger partial charge in [-0.2, -0.15) is 0 Å². The number of carboxylic acid groups (broad SMARTS) is 1. The molecule has 2 rings (SSSR count). The van der Waals surface area contributed by atoms with E-state index in [4.69, 9.17) is 14.9 Å². The number of hydrogen-bond acceptors (Lipinski definition) is 6. The maximum Gasteiger partial charge on any atom is 0.336 e. The van der Waals surface area contributed by atoms with Crippen LogP contribution in [0.15, 0.2) is 29.2 Å². The highest BCUT2D eigenvalue weighted by Gasteiger charge is 2.54. The van der Waals surface area contributed by atoms with Gasteiger partial charge in [-0.25, -0.2) is 13.2 Å². The van der Waals surface area contributed by atoms with E-state index in [1.165, 1.54) is 24.3 Å². The van der Waals surface area contributed by atoms with E-state index in [0.717, 1.165) is 0 Å². The number of benzene rings is 1. The second-order valence-electron chi connectivity index (χ2n) is 4.98. The zero-order chi connectivity index (χ0) is 15.7. The Hall–Kier alpha value is -1.64. The summed E-state index contributed by atoms with van der Waals surface area (Å²) < 4.78 is 28.7. The highest BCUT2D eigenvalue weighted by atomic mass is 32.2. The molecule has 0 amide bonds. The number of carbonyl (C=O) groups is 1. The van der Waals surface area contributed by atoms with Crippen molar-refractivity contribution in [3.05, 3.63) is 24.3 Å². The first-order chi connectivity index (χ1) is 9.82. The van der Waals surface area contributed by atoms with Crippen LogP contribution in [0.3, 0.4) is 0 Å². The van der Waals surface area contributed by atoms with Gasteiger partial charge in [-0.05, 0) is 31.0 Å². The van der Waals surface area contributed by atoms with Gasteiger partial charge in [0.25, 0.3) is 0 Å². The fourth-order valence-electron chi connectivity index (χ4n) is 1.88. The highest BCUT2D eigenvalue weighted by molar-refractivity contribution is 7.93. The molecule has 0 unspecified atom stereocenters. The average Bonchev–Trinajstić information content (AvgIpc) is 3.26. The quantitative estimate of drug-likeness (QED) is 0.637. The third kappa shape index (κ3) is 3.02. The number of aliphatic hydroxyl groups excluding tert-OH is 2. The molecule has 3 N–H and O–H groups in total. The molecule has 1 saturated carbocycles. The molecule has 1 aliphatic carbocycles. The Labute approximate surface area is 121 Å². The molecule has 0 saturated heterocycles. The van der Waals surface area contributed by atoms with Crippen molar-refractivity contribution in [1.82, 2.24) is 0 Å². The molecular formula is C13H16O7S. The second-order valence-corrected chi connectivity index (χ2v) is 7.33. The van der Waals surface area contributed by atoms with Gasteiger partial charge in [-0.1, -0.05) is 6.07 Å². The van der Waals surface area contributed by atoms with E-state index in [1.54, 1.807) is 0 Å². The normalized spacial score (nSPS) is 18.0. The van der Waals surface area contributed by atoms with Gasteiger partial charge in [-0.3, -0.25) is 0 Å². The van der Waals surface area contributed by atoms with Crippen molar-refractivity contribution in [2.75, 3.05) is 13.2 Å². The lowest BCUT2D eigenvalue weighted by Gasteiger charge is -2.14. The molecule has 1 aromatic rings. The molecule has 0 spiro atoms. The Bertz CT molecular complexity index is 634. The van der Waals surface area contributed by atoms with Gasteiger partial charge in [0.1, 0.15) is 12.4 Å². The Morgan fingerprint density at radius 1 is 1.38 bits per heavy atom. The van der Waals surface area contributed by atoms with Gasteiger partial charge in [-0.15, -0.1) is 0 Å². The van der Waals surface area contributed by atoms with Gasteiger partial charge in [0.15, 0.2) is 15.9 Å². The molecule has 1 aromatic carbocycles. The van der Waals surface area contributed by atoms with Gasteiger partial charge in [0.05, 0.1) is 16.2 Å². The lowest BCUT2D eigenvalue weighted by molar-refractivity contribution is -0.148. The summed E-state index contributed by atoms with van der Waals surface area (Å²) in [5.41, 5.74) is 0. The summed E-state index contributed by atoms with van der Waals surface area (Å²) in [6, 6.07) is 5.58. The molecule has 8 heteroatoms. The molecule has 116 valence electrons.